The summed E-state index contributed by atoms with van der Waals surface area (Å²) in [6.45, 7) is 3.98. The van der Waals surface area contributed by atoms with E-state index >= 15 is 0 Å². The van der Waals surface area contributed by atoms with Crippen LogP contribution in [-0.4, -0.2) is 26.4 Å². The summed E-state index contributed by atoms with van der Waals surface area (Å²) in [7, 11) is 1.75. The van der Waals surface area contributed by atoms with E-state index in [9.17, 15) is 0 Å². The first-order valence-corrected chi connectivity index (χ1v) is 5.49. The summed E-state index contributed by atoms with van der Waals surface area (Å²) in [6, 6.07) is 0. The number of rotatable bonds is 7. The van der Waals surface area contributed by atoms with E-state index in [1.54, 1.807) is 7.11 Å². The molecule has 0 saturated carbocycles. The molecule has 0 amide bonds. The van der Waals surface area contributed by atoms with E-state index in [1.807, 2.05) is 0 Å². The molecule has 0 spiro atoms. The Morgan fingerprint density at radius 1 is 1.31 bits per heavy atom. The number of hydrogen-bond donors (Lipinski definition) is 0. The first kappa shape index (κ1) is 11.0. The molecule has 0 aliphatic carbocycles. The first-order chi connectivity index (χ1) is 6.38. The van der Waals surface area contributed by atoms with Crippen LogP contribution in [0.4, 0.5) is 0 Å². The van der Waals surface area contributed by atoms with Gasteiger partial charge in [0.15, 0.2) is 0 Å². The Hall–Kier alpha value is -0.0800. The number of hydrogen-bond acceptors (Lipinski definition) is 2. The minimum atomic E-state index is 0.395. The molecule has 1 aliphatic rings. The third kappa shape index (κ3) is 3.65. The molecule has 1 rings (SSSR count). The van der Waals surface area contributed by atoms with Crippen LogP contribution in [0.2, 0.25) is 0 Å². The van der Waals surface area contributed by atoms with Gasteiger partial charge in [-0.05, 0) is 6.42 Å². The van der Waals surface area contributed by atoms with Crippen LogP contribution in [0.1, 0.15) is 39.0 Å². The summed E-state index contributed by atoms with van der Waals surface area (Å²) in [6.07, 6.45) is 7.17. The normalized spacial score (nSPS) is 27.2. The highest BCUT2D eigenvalue weighted by atomic mass is 16.5. The highest BCUT2D eigenvalue weighted by Crippen LogP contribution is 2.26. The van der Waals surface area contributed by atoms with Gasteiger partial charge in [0.2, 0.25) is 0 Å². The molecule has 78 valence electrons. The maximum Gasteiger partial charge on any atom is 0.0858 e. The lowest BCUT2D eigenvalue weighted by atomic mass is 9.92. The predicted molar refractivity (Wildman–Crippen MR) is 53.9 cm³/mol. The average molecular weight is 186 g/mol. The molecule has 1 saturated heterocycles. The Labute approximate surface area is 81.6 Å². The van der Waals surface area contributed by atoms with Crippen molar-refractivity contribution in [2.75, 3.05) is 20.3 Å². The summed E-state index contributed by atoms with van der Waals surface area (Å²) >= 11 is 0. The van der Waals surface area contributed by atoms with Crippen LogP contribution in [0.5, 0.6) is 0 Å². The van der Waals surface area contributed by atoms with Crippen molar-refractivity contribution < 1.29 is 9.47 Å². The Morgan fingerprint density at radius 2 is 2.15 bits per heavy atom. The van der Waals surface area contributed by atoms with E-state index in [-0.39, 0.29) is 0 Å². The second-order valence-corrected chi connectivity index (χ2v) is 3.94. The fraction of sp³-hybridized carbons (Fsp3) is 1.00. The third-order valence-corrected chi connectivity index (χ3v) is 2.81. The molecule has 13 heavy (non-hydrogen) atoms. The molecule has 2 unspecified atom stereocenters. The van der Waals surface area contributed by atoms with Gasteiger partial charge in [0, 0.05) is 13.0 Å². The van der Waals surface area contributed by atoms with Gasteiger partial charge < -0.3 is 9.47 Å². The van der Waals surface area contributed by atoms with E-state index < -0.39 is 0 Å². The van der Waals surface area contributed by atoms with Crippen molar-refractivity contribution in [1.29, 1.82) is 0 Å². The number of methoxy groups -OCH3 is 1. The van der Waals surface area contributed by atoms with Gasteiger partial charge in [-0.15, -0.1) is 0 Å². The minimum Gasteiger partial charge on any atom is -0.382 e. The van der Waals surface area contributed by atoms with Gasteiger partial charge in [0.1, 0.15) is 0 Å². The average Bonchev–Trinajstić information content (AvgIpc) is 2.12. The van der Waals surface area contributed by atoms with Crippen LogP contribution < -0.4 is 0 Å². The highest BCUT2D eigenvalue weighted by molar-refractivity contribution is 4.78. The van der Waals surface area contributed by atoms with E-state index in [0.29, 0.717) is 6.10 Å². The smallest absolute Gasteiger partial charge is 0.0858 e. The fourth-order valence-electron chi connectivity index (χ4n) is 1.82. The summed E-state index contributed by atoms with van der Waals surface area (Å²) in [5, 5.41) is 0. The first-order valence-electron chi connectivity index (χ1n) is 5.49. The zero-order valence-corrected chi connectivity index (χ0v) is 8.92. The van der Waals surface area contributed by atoms with Crippen LogP contribution in [0.3, 0.4) is 0 Å². The molecule has 0 aromatic carbocycles. The standard InChI is InChI=1S/C11H22O2/c1-3-4-5-6-7-10-8-13-11(10)9-12-2/h10-11H,3-9H2,1-2H3. The van der Waals surface area contributed by atoms with Gasteiger partial charge in [-0.2, -0.15) is 0 Å². The van der Waals surface area contributed by atoms with Crippen molar-refractivity contribution in [1.82, 2.24) is 0 Å². The second-order valence-electron chi connectivity index (χ2n) is 3.94. The summed E-state index contributed by atoms with van der Waals surface area (Å²) in [4.78, 5) is 0. The monoisotopic (exact) mass is 186 g/mol. The quantitative estimate of drug-likeness (QED) is 0.569. The van der Waals surface area contributed by atoms with E-state index in [0.717, 1.165) is 19.1 Å². The molecular weight excluding hydrogens is 164 g/mol. The molecule has 1 aliphatic heterocycles. The van der Waals surface area contributed by atoms with Crippen LogP contribution in [0.25, 0.3) is 0 Å². The molecular formula is C11H22O2. The van der Waals surface area contributed by atoms with Crippen LogP contribution in [0, 0.1) is 5.92 Å². The molecule has 0 bridgehead atoms. The van der Waals surface area contributed by atoms with Crippen LogP contribution in [0.15, 0.2) is 0 Å². The molecule has 1 heterocycles. The van der Waals surface area contributed by atoms with Gasteiger partial charge in [0.05, 0.1) is 19.3 Å². The van der Waals surface area contributed by atoms with Crippen molar-refractivity contribution in [2.45, 2.75) is 45.1 Å². The van der Waals surface area contributed by atoms with Crippen molar-refractivity contribution in [2.24, 2.45) is 5.92 Å². The lowest BCUT2D eigenvalue weighted by molar-refractivity contribution is -0.143. The highest BCUT2D eigenvalue weighted by Gasteiger charge is 2.30. The number of unbranched alkanes of at least 4 members (excludes halogenated alkanes) is 3. The maximum atomic E-state index is 5.42. The molecule has 1 fully saturated rings. The molecule has 0 aromatic heterocycles. The van der Waals surface area contributed by atoms with Crippen molar-refractivity contribution in [3.63, 3.8) is 0 Å². The Morgan fingerprint density at radius 3 is 2.69 bits per heavy atom. The van der Waals surface area contributed by atoms with Gasteiger partial charge >= 0.3 is 0 Å². The van der Waals surface area contributed by atoms with E-state index in [1.165, 1.54) is 32.1 Å². The Balaban J connectivity index is 1.95. The third-order valence-electron chi connectivity index (χ3n) is 2.81. The topological polar surface area (TPSA) is 18.5 Å². The lowest BCUT2D eigenvalue weighted by Crippen LogP contribution is -2.42. The molecule has 2 heteroatoms. The number of ether oxygens (including phenoxy) is 2. The summed E-state index contributed by atoms with van der Waals surface area (Å²) in [5.74, 6) is 0.775. The SMILES string of the molecule is CCCCCCC1COC1COC. The van der Waals surface area contributed by atoms with Gasteiger partial charge in [0.25, 0.3) is 0 Å². The fourth-order valence-corrected chi connectivity index (χ4v) is 1.82. The largest absolute Gasteiger partial charge is 0.382 e. The Kier molecular flexibility index (Phi) is 5.40. The second kappa shape index (κ2) is 6.39. The van der Waals surface area contributed by atoms with E-state index in [4.69, 9.17) is 9.47 Å². The molecule has 0 N–H and O–H groups in total. The lowest BCUT2D eigenvalue weighted by Gasteiger charge is -2.36. The zero-order chi connectivity index (χ0) is 9.52. The Bertz CT molecular complexity index is 125. The summed E-state index contributed by atoms with van der Waals surface area (Å²) < 4.78 is 10.5. The van der Waals surface area contributed by atoms with Crippen LogP contribution in [-0.2, 0) is 9.47 Å². The predicted octanol–water partition coefficient (Wildman–Crippen LogP) is 2.62. The minimum absolute atomic E-state index is 0.395. The van der Waals surface area contributed by atoms with Gasteiger partial charge in [-0.1, -0.05) is 32.6 Å². The van der Waals surface area contributed by atoms with Crippen molar-refractivity contribution >= 4 is 0 Å². The van der Waals surface area contributed by atoms with Gasteiger partial charge in [-0.25, -0.2) is 0 Å². The summed E-state index contributed by atoms with van der Waals surface area (Å²) in [5.41, 5.74) is 0. The van der Waals surface area contributed by atoms with E-state index in [2.05, 4.69) is 6.92 Å². The van der Waals surface area contributed by atoms with Crippen LogP contribution >= 0.6 is 0 Å². The molecule has 0 radical (unpaired) electrons. The molecule has 0 aromatic rings. The zero-order valence-electron chi connectivity index (χ0n) is 8.92. The van der Waals surface area contributed by atoms with Crippen molar-refractivity contribution in [3.05, 3.63) is 0 Å². The van der Waals surface area contributed by atoms with Crippen molar-refractivity contribution in [3.8, 4) is 0 Å². The molecule has 2 nitrogen and oxygen atoms in total. The molecule has 2 atom stereocenters. The maximum absolute atomic E-state index is 5.42. The van der Waals surface area contributed by atoms with Gasteiger partial charge in [-0.3, -0.25) is 0 Å².